The first-order chi connectivity index (χ1) is 12.6. The number of carbonyl (C=O) groups excluding carboxylic acids is 1. The van der Waals surface area contributed by atoms with Crippen molar-refractivity contribution in [3.05, 3.63) is 41.3 Å². The van der Waals surface area contributed by atoms with Crippen LogP contribution in [0.25, 0.3) is 11.5 Å². The molecule has 138 valence electrons. The molecule has 2 aliphatic rings. The number of amides is 1. The molecule has 0 aliphatic carbocycles. The number of oxazole rings is 1. The highest BCUT2D eigenvalue weighted by Gasteiger charge is 2.28. The highest BCUT2D eigenvalue weighted by Crippen LogP contribution is 2.28. The van der Waals surface area contributed by atoms with E-state index >= 15 is 0 Å². The summed E-state index contributed by atoms with van der Waals surface area (Å²) in [6, 6.07) is 3.18. The van der Waals surface area contributed by atoms with Gasteiger partial charge in [-0.2, -0.15) is 0 Å². The summed E-state index contributed by atoms with van der Waals surface area (Å²) in [7, 11) is 0. The molecule has 1 amide bonds. The molecule has 0 saturated carbocycles. The second kappa shape index (κ2) is 7.15. The van der Waals surface area contributed by atoms with Crippen LogP contribution in [0, 0.1) is 17.6 Å². The summed E-state index contributed by atoms with van der Waals surface area (Å²) >= 11 is 0. The summed E-state index contributed by atoms with van der Waals surface area (Å²) in [5, 5.41) is 0. The maximum atomic E-state index is 13.4. The first-order valence-corrected chi connectivity index (χ1v) is 8.89. The third-order valence-electron chi connectivity index (χ3n) is 4.91. The van der Waals surface area contributed by atoms with Gasteiger partial charge in [0.25, 0.3) is 0 Å². The Morgan fingerprint density at radius 3 is 2.81 bits per heavy atom. The van der Waals surface area contributed by atoms with Crippen LogP contribution in [0.3, 0.4) is 0 Å². The SMILES string of the molecule is O=C(CC1CCCOC1)N1CCc2oc(-c3cc(F)cc(F)c3)nc2C1. The predicted molar refractivity (Wildman–Crippen MR) is 89.1 cm³/mol. The van der Waals surface area contributed by atoms with E-state index in [0.29, 0.717) is 44.0 Å². The molecule has 1 atom stereocenters. The van der Waals surface area contributed by atoms with E-state index in [2.05, 4.69) is 4.98 Å². The van der Waals surface area contributed by atoms with Crippen molar-refractivity contribution >= 4 is 5.91 Å². The van der Waals surface area contributed by atoms with Gasteiger partial charge < -0.3 is 14.1 Å². The molecule has 0 N–H and O–H groups in total. The lowest BCUT2D eigenvalue weighted by Crippen LogP contribution is -2.37. The number of rotatable bonds is 3. The Balaban J connectivity index is 1.47. The van der Waals surface area contributed by atoms with Crippen LogP contribution in [0.4, 0.5) is 8.78 Å². The van der Waals surface area contributed by atoms with E-state index in [9.17, 15) is 13.6 Å². The van der Waals surface area contributed by atoms with Gasteiger partial charge in [0.1, 0.15) is 23.1 Å². The molecule has 1 unspecified atom stereocenters. The largest absolute Gasteiger partial charge is 0.441 e. The monoisotopic (exact) mass is 362 g/mol. The summed E-state index contributed by atoms with van der Waals surface area (Å²) in [4.78, 5) is 18.7. The van der Waals surface area contributed by atoms with Crippen molar-refractivity contribution in [1.82, 2.24) is 9.88 Å². The van der Waals surface area contributed by atoms with Crippen LogP contribution in [0.5, 0.6) is 0 Å². The molecule has 0 bridgehead atoms. The number of hydrogen-bond donors (Lipinski definition) is 0. The van der Waals surface area contributed by atoms with E-state index < -0.39 is 11.6 Å². The van der Waals surface area contributed by atoms with Gasteiger partial charge in [0.15, 0.2) is 0 Å². The standard InChI is InChI=1S/C19H20F2N2O3/c20-14-7-13(8-15(21)9-14)19-22-16-10-23(4-3-17(16)26-19)18(24)6-12-2-1-5-25-11-12/h7-9,12H,1-6,10-11H2. The van der Waals surface area contributed by atoms with Crippen LogP contribution in [0.15, 0.2) is 22.6 Å². The van der Waals surface area contributed by atoms with Gasteiger partial charge in [-0.05, 0) is 30.9 Å². The van der Waals surface area contributed by atoms with Crippen molar-refractivity contribution in [2.75, 3.05) is 19.8 Å². The van der Waals surface area contributed by atoms with Crippen LogP contribution < -0.4 is 0 Å². The average molecular weight is 362 g/mol. The zero-order valence-electron chi connectivity index (χ0n) is 14.3. The fraction of sp³-hybridized carbons (Fsp3) is 0.474. The Bertz CT molecular complexity index is 795. The van der Waals surface area contributed by atoms with E-state index in [1.807, 2.05) is 0 Å². The Morgan fingerprint density at radius 1 is 1.27 bits per heavy atom. The summed E-state index contributed by atoms with van der Waals surface area (Å²) in [6.45, 7) is 2.35. The normalized spacial score (nSPS) is 20.1. The first kappa shape index (κ1) is 17.1. The summed E-state index contributed by atoms with van der Waals surface area (Å²) in [5.74, 6) is -0.128. The zero-order chi connectivity index (χ0) is 18.1. The van der Waals surface area contributed by atoms with E-state index in [0.717, 1.165) is 25.5 Å². The lowest BCUT2D eigenvalue weighted by molar-refractivity contribution is -0.134. The minimum Gasteiger partial charge on any atom is -0.441 e. The molecular formula is C19H20F2N2O3. The number of benzene rings is 1. The molecule has 1 fully saturated rings. The molecule has 4 rings (SSSR count). The van der Waals surface area contributed by atoms with Crippen molar-refractivity contribution in [1.29, 1.82) is 0 Å². The highest BCUT2D eigenvalue weighted by molar-refractivity contribution is 5.76. The lowest BCUT2D eigenvalue weighted by atomic mass is 9.97. The van der Waals surface area contributed by atoms with Gasteiger partial charge in [0, 0.05) is 44.2 Å². The fourth-order valence-corrected chi connectivity index (χ4v) is 3.56. The van der Waals surface area contributed by atoms with Crippen molar-refractivity contribution in [2.24, 2.45) is 5.92 Å². The van der Waals surface area contributed by atoms with Crippen LogP contribution in [0.2, 0.25) is 0 Å². The molecule has 5 nitrogen and oxygen atoms in total. The maximum Gasteiger partial charge on any atom is 0.226 e. The van der Waals surface area contributed by atoms with E-state index in [1.54, 1.807) is 4.90 Å². The molecule has 3 heterocycles. The molecule has 1 aromatic carbocycles. The third kappa shape index (κ3) is 3.62. The van der Waals surface area contributed by atoms with E-state index in [-0.39, 0.29) is 23.3 Å². The predicted octanol–water partition coefficient (Wildman–Crippen LogP) is 3.32. The van der Waals surface area contributed by atoms with Crippen LogP contribution in [-0.2, 0) is 22.5 Å². The number of ether oxygens (including phenoxy) is 1. The molecule has 0 spiro atoms. The number of carbonyl (C=O) groups is 1. The summed E-state index contributed by atoms with van der Waals surface area (Å²) < 4.78 is 37.9. The molecular weight excluding hydrogens is 342 g/mol. The first-order valence-electron chi connectivity index (χ1n) is 8.89. The van der Waals surface area contributed by atoms with E-state index in [1.165, 1.54) is 12.1 Å². The van der Waals surface area contributed by atoms with Gasteiger partial charge in [-0.3, -0.25) is 4.79 Å². The molecule has 26 heavy (non-hydrogen) atoms. The third-order valence-corrected chi connectivity index (χ3v) is 4.91. The van der Waals surface area contributed by atoms with Crippen molar-refractivity contribution in [2.45, 2.75) is 32.2 Å². The summed E-state index contributed by atoms with van der Waals surface area (Å²) in [6.07, 6.45) is 3.05. The second-order valence-corrected chi connectivity index (χ2v) is 6.90. The number of halogens is 2. The van der Waals surface area contributed by atoms with Crippen molar-refractivity contribution in [3.8, 4) is 11.5 Å². The van der Waals surface area contributed by atoms with Gasteiger partial charge >= 0.3 is 0 Å². The smallest absolute Gasteiger partial charge is 0.226 e. The van der Waals surface area contributed by atoms with Crippen LogP contribution in [-0.4, -0.2) is 35.5 Å². The van der Waals surface area contributed by atoms with Gasteiger partial charge in [-0.1, -0.05) is 0 Å². The Morgan fingerprint density at radius 2 is 2.08 bits per heavy atom. The zero-order valence-corrected chi connectivity index (χ0v) is 14.3. The Labute approximate surface area is 150 Å². The van der Waals surface area contributed by atoms with Crippen LogP contribution in [0.1, 0.15) is 30.7 Å². The van der Waals surface area contributed by atoms with Crippen molar-refractivity contribution in [3.63, 3.8) is 0 Å². The van der Waals surface area contributed by atoms with Gasteiger partial charge in [0.2, 0.25) is 11.8 Å². The molecule has 7 heteroatoms. The van der Waals surface area contributed by atoms with Crippen molar-refractivity contribution < 1.29 is 22.7 Å². The number of hydrogen-bond acceptors (Lipinski definition) is 4. The number of aromatic nitrogens is 1. The Hall–Kier alpha value is -2.28. The van der Waals surface area contributed by atoms with Gasteiger partial charge in [-0.15, -0.1) is 0 Å². The molecule has 1 aromatic heterocycles. The molecule has 2 aliphatic heterocycles. The minimum atomic E-state index is -0.678. The van der Waals surface area contributed by atoms with Gasteiger partial charge in [-0.25, -0.2) is 13.8 Å². The number of fused-ring (bicyclic) bond motifs is 1. The fourth-order valence-electron chi connectivity index (χ4n) is 3.56. The quantitative estimate of drug-likeness (QED) is 0.841. The minimum absolute atomic E-state index is 0.0903. The molecule has 1 saturated heterocycles. The lowest BCUT2D eigenvalue weighted by Gasteiger charge is -2.28. The maximum absolute atomic E-state index is 13.4. The molecule has 2 aromatic rings. The highest BCUT2D eigenvalue weighted by atomic mass is 19.1. The number of nitrogens with zero attached hydrogens (tertiary/aromatic N) is 2. The second-order valence-electron chi connectivity index (χ2n) is 6.90. The average Bonchev–Trinajstić information content (AvgIpc) is 3.05. The topological polar surface area (TPSA) is 55.6 Å². The summed E-state index contributed by atoms with van der Waals surface area (Å²) in [5.41, 5.74) is 0.915. The van der Waals surface area contributed by atoms with E-state index in [4.69, 9.17) is 9.15 Å². The van der Waals surface area contributed by atoms with Crippen LogP contribution >= 0.6 is 0 Å². The van der Waals surface area contributed by atoms with Gasteiger partial charge in [0.05, 0.1) is 6.54 Å². The Kier molecular flexibility index (Phi) is 4.72. The molecule has 0 radical (unpaired) electrons.